The molecule has 0 aliphatic carbocycles. The summed E-state index contributed by atoms with van der Waals surface area (Å²) in [6.45, 7) is 4.42. The first-order valence-corrected chi connectivity index (χ1v) is 12.6. The summed E-state index contributed by atoms with van der Waals surface area (Å²) in [6.07, 6.45) is 2.43. The van der Waals surface area contributed by atoms with Crippen LogP contribution in [0.2, 0.25) is 5.02 Å². The van der Waals surface area contributed by atoms with Gasteiger partial charge in [0.25, 0.3) is 5.91 Å². The predicted octanol–water partition coefficient (Wildman–Crippen LogP) is 3.50. The van der Waals surface area contributed by atoms with Gasteiger partial charge in [-0.25, -0.2) is 8.42 Å². The van der Waals surface area contributed by atoms with Gasteiger partial charge in [-0.2, -0.15) is 4.31 Å². The summed E-state index contributed by atoms with van der Waals surface area (Å²) >= 11 is 6.22. The van der Waals surface area contributed by atoms with E-state index in [1.54, 1.807) is 6.07 Å². The van der Waals surface area contributed by atoms with Gasteiger partial charge in [-0.1, -0.05) is 24.6 Å². The van der Waals surface area contributed by atoms with Crippen LogP contribution in [-0.2, 0) is 16.4 Å². The van der Waals surface area contributed by atoms with Crippen molar-refractivity contribution in [1.82, 2.24) is 9.62 Å². The Morgan fingerprint density at radius 1 is 1.16 bits per heavy atom. The topological polar surface area (TPSA) is 84.9 Å². The number of sulfonamides is 1. The second-order valence-electron chi connectivity index (χ2n) is 8.24. The fourth-order valence-corrected chi connectivity index (χ4v) is 6.11. The molecule has 1 N–H and O–H groups in total. The number of nitrogens with zero attached hydrogens (tertiary/aromatic N) is 1. The minimum Gasteiger partial charge on any atom is -0.486 e. The van der Waals surface area contributed by atoms with Crippen molar-refractivity contribution in [3.63, 3.8) is 0 Å². The maximum absolute atomic E-state index is 13.1. The third-order valence-electron chi connectivity index (χ3n) is 5.74. The van der Waals surface area contributed by atoms with Crippen LogP contribution in [0.15, 0.2) is 41.3 Å². The van der Waals surface area contributed by atoms with Crippen molar-refractivity contribution in [3.8, 4) is 11.5 Å². The highest BCUT2D eigenvalue weighted by Gasteiger charge is 2.31. The summed E-state index contributed by atoms with van der Waals surface area (Å²) in [7, 11) is -3.76. The number of carbonyl (C=O) groups is 1. The van der Waals surface area contributed by atoms with Crippen LogP contribution < -0.4 is 14.8 Å². The first-order chi connectivity index (χ1) is 15.3. The van der Waals surface area contributed by atoms with Crippen molar-refractivity contribution in [1.29, 1.82) is 0 Å². The van der Waals surface area contributed by atoms with Crippen LogP contribution in [-0.4, -0.2) is 51.5 Å². The van der Waals surface area contributed by atoms with Crippen molar-refractivity contribution in [2.75, 3.05) is 32.8 Å². The van der Waals surface area contributed by atoms with Gasteiger partial charge in [0.2, 0.25) is 10.0 Å². The molecule has 0 spiro atoms. The number of halogens is 1. The quantitative estimate of drug-likeness (QED) is 0.686. The lowest BCUT2D eigenvalue weighted by atomic mass is 10.0. The maximum atomic E-state index is 13.1. The van der Waals surface area contributed by atoms with Crippen LogP contribution >= 0.6 is 11.6 Å². The predicted molar refractivity (Wildman–Crippen MR) is 122 cm³/mol. The molecule has 32 heavy (non-hydrogen) atoms. The smallest absolute Gasteiger partial charge is 0.251 e. The summed E-state index contributed by atoms with van der Waals surface area (Å²) in [5.74, 6) is 1.38. The molecule has 0 saturated carbocycles. The lowest BCUT2D eigenvalue weighted by Crippen LogP contribution is -2.39. The second kappa shape index (κ2) is 9.68. The molecule has 9 heteroatoms. The molecule has 1 atom stereocenters. The first kappa shape index (κ1) is 22.9. The number of hydrogen-bond acceptors (Lipinski definition) is 5. The van der Waals surface area contributed by atoms with Gasteiger partial charge in [-0.15, -0.1) is 0 Å². The maximum Gasteiger partial charge on any atom is 0.251 e. The minimum atomic E-state index is -3.76. The molecule has 0 bridgehead atoms. The third kappa shape index (κ3) is 5.03. The van der Waals surface area contributed by atoms with E-state index >= 15 is 0 Å². The number of benzene rings is 2. The van der Waals surface area contributed by atoms with E-state index in [2.05, 4.69) is 5.32 Å². The van der Waals surface area contributed by atoms with E-state index in [1.807, 2.05) is 25.1 Å². The molecule has 2 aliphatic rings. The van der Waals surface area contributed by atoms with Crippen molar-refractivity contribution in [2.45, 2.75) is 31.1 Å². The van der Waals surface area contributed by atoms with Gasteiger partial charge >= 0.3 is 0 Å². The zero-order valence-corrected chi connectivity index (χ0v) is 19.5. The summed E-state index contributed by atoms with van der Waals surface area (Å²) in [6, 6.07) is 10.1. The Morgan fingerprint density at radius 3 is 2.72 bits per heavy atom. The molecule has 2 aromatic carbocycles. The van der Waals surface area contributed by atoms with Gasteiger partial charge in [-0.3, -0.25) is 4.79 Å². The summed E-state index contributed by atoms with van der Waals surface area (Å²) < 4.78 is 38.8. The van der Waals surface area contributed by atoms with Gasteiger partial charge in [0.05, 0.1) is 5.02 Å². The number of piperidine rings is 1. The molecule has 7 nitrogen and oxygen atoms in total. The average molecular weight is 479 g/mol. The lowest BCUT2D eigenvalue weighted by Gasteiger charge is -2.30. The fourth-order valence-electron chi connectivity index (χ4n) is 4.01. The minimum absolute atomic E-state index is 0.0206. The number of nitrogens with one attached hydrogen (secondary N) is 1. The van der Waals surface area contributed by atoms with Crippen molar-refractivity contribution in [2.24, 2.45) is 5.92 Å². The van der Waals surface area contributed by atoms with E-state index in [0.29, 0.717) is 50.9 Å². The van der Waals surface area contributed by atoms with Crippen LogP contribution in [0.25, 0.3) is 0 Å². The lowest BCUT2D eigenvalue weighted by molar-refractivity contribution is 0.0954. The summed E-state index contributed by atoms with van der Waals surface area (Å²) in [4.78, 5) is 12.7. The molecule has 172 valence electrons. The van der Waals surface area contributed by atoms with Crippen LogP contribution in [0.3, 0.4) is 0 Å². The number of rotatable bonds is 6. The Bertz CT molecular complexity index is 1110. The Hall–Kier alpha value is -2.29. The van der Waals surface area contributed by atoms with E-state index < -0.39 is 10.0 Å². The number of fused-ring (bicyclic) bond motifs is 1. The third-order valence-corrected chi connectivity index (χ3v) is 8.08. The number of amides is 1. The first-order valence-electron chi connectivity index (χ1n) is 10.8. The van der Waals surface area contributed by atoms with E-state index in [0.717, 1.165) is 24.2 Å². The van der Waals surface area contributed by atoms with Crippen LogP contribution in [0.1, 0.15) is 35.7 Å². The molecule has 1 fully saturated rings. The van der Waals surface area contributed by atoms with Gasteiger partial charge in [0, 0.05) is 25.2 Å². The van der Waals surface area contributed by atoms with E-state index in [-0.39, 0.29) is 21.4 Å². The number of carbonyl (C=O) groups excluding carboxylic acids is 1. The van der Waals surface area contributed by atoms with E-state index in [1.165, 1.54) is 16.4 Å². The van der Waals surface area contributed by atoms with Gasteiger partial charge < -0.3 is 14.8 Å². The van der Waals surface area contributed by atoms with Crippen molar-refractivity contribution >= 4 is 27.5 Å². The van der Waals surface area contributed by atoms with Crippen LogP contribution in [0.5, 0.6) is 11.5 Å². The zero-order valence-electron chi connectivity index (χ0n) is 18.0. The normalized spacial score (nSPS) is 18.9. The summed E-state index contributed by atoms with van der Waals surface area (Å²) in [5, 5.41) is 2.97. The second-order valence-corrected chi connectivity index (χ2v) is 10.6. The molecule has 1 amide bonds. The van der Waals surface area contributed by atoms with Crippen LogP contribution in [0, 0.1) is 5.92 Å². The molecule has 4 rings (SSSR count). The van der Waals surface area contributed by atoms with Gasteiger partial charge in [0.1, 0.15) is 18.1 Å². The summed E-state index contributed by atoms with van der Waals surface area (Å²) in [5.41, 5.74) is 1.27. The Labute approximate surface area is 193 Å². The molecule has 2 heterocycles. The Morgan fingerprint density at radius 2 is 1.94 bits per heavy atom. The van der Waals surface area contributed by atoms with Gasteiger partial charge in [-0.05, 0) is 61.1 Å². The van der Waals surface area contributed by atoms with Crippen molar-refractivity contribution in [3.05, 3.63) is 52.5 Å². The average Bonchev–Trinajstić information content (AvgIpc) is 2.79. The SMILES string of the molecule is CC1CCCN(S(=O)(=O)c2cc(C(=O)NCCc3ccc4c(c3)OCCO4)ccc2Cl)C1. The molecule has 1 saturated heterocycles. The Kier molecular flexibility index (Phi) is 6.93. The molecule has 2 aliphatic heterocycles. The number of ether oxygens (including phenoxy) is 2. The fraction of sp³-hybridized carbons (Fsp3) is 0.435. The van der Waals surface area contributed by atoms with Crippen LogP contribution in [0.4, 0.5) is 0 Å². The van der Waals surface area contributed by atoms with E-state index in [9.17, 15) is 13.2 Å². The zero-order chi connectivity index (χ0) is 22.7. The molecular weight excluding hydrogens is 452 g/mol. The molecule has 1 unspecified atom stereocenters. The van der Waals surface area contributed by atoms with Gasteiger partial charge in [0.15, 0.2) is 11.5 Å². The largest absolute Gasteiger partial charge is 0.486 e. The number of hydrogen-bond donors (Lipinski definition) is 1. The van der Waals surface area contributed by atoms with Crippen molar-refractivity contribution < 1.29 is 22.7 Å². The molecule has 0 radical (unpaired) electrons. The van der Waals surface area contributed by atoms with E-state index in [4.69, 9.17) is 21.1 Å². The molecule has 2 aromatic rings. The Balaban J connectivity index is 1.42. The molecule has 0 aromatic heterocycles. The highest BCUT2D eigenvalue weighted by Crippen LogP contribution is 2.31. The monoisotopic (exact) mass is 478 g/mol. The highest BCUT2D eigenvalue weighted by atomic mass is 35.5. The molecular formula is C23H27ClN2O5S. The standard InChI is InChI=1S/C23H27ClN2O5S/c1-16-3-2-10-26(15-16)32(28,29)22-14-18(5-6-19(22)24)23(27)25-9-8-17-4-7-20-21(13-17)31-12-11-30-20/h4-7,13-14,16H,2-3,8-12,15H2,1H3,(H,25,27). The highest BCUT2D eigenvalue weighted by molar-refractivity contribution is 7.89.